The monoisotopic (exact) mass is 355 g/mol. The molecule has 0 bridgehead atoms. The van der Waals surface area contributed by atoms with E-state index in [0.29, 0.717) is 13.1 Å². The van der Waals surface area contributed by atoms with Gasteiger partial charge in [-0.2, -0.15) is 5.10 Å². The minimum absolute atomic E-state index is 0.105. The van der Waals surface area contributed by atoms with Gasteiger partial charge in [-0.25, -0.2) is 8.78 Å². The lowest BCUT2D eigenvalue weighted by Gasteiger charge is -2.08. The Morgan fingerprint density at radius 1 is 1.08 bits per heavy atom. The van der Waals surface area contributed by atoms with Gasteiger partial charge in [-0.05, 0) is 47.4 Å². The fourth-order valence-corrected chi connectivity index (χ4v) is 2.69. The number of carbonyl (C=O) groups is 1. The van der Waals surface area contributed by atoms with Crippen molar-refractivity contribution in [2.45, 2.75) is 25.9 Å². The number of aromatic nitrogens is 2. The molecule has 2 aromatic carbocycles. The van der Waals surface area contributed by atoms with Gasteiger partial charge in [0.15, 0.2) is 0 Å². The first-order valence-corrected chi connectivity index (χ1v) is 8.36. The first-order chi connectivity index (χ1) is 12.6. The molecule has 3 rings (SSSR count). The fraction of sp³-hybridized carbons (Fsp3) is 0.200. The van der Waals surface area contributed by atoms with E-state index in [1.807, 2.05) is 41.2 Å². The smallest absolute Gasteiger partial charge is 0.220 e. The van der Waals surface area contributed by atoms with Crippen molar-refractivity contribution in [1.82, 2.24) is 15.1 Å². The highest BCUT2D eigenvalue weighted by Crippen LogP contribution is 2.12. The lowest BCUT2D eigenvalue weighted by Crippen LogP contribution is -2.23. The summed E-state index contributed by atoms with van der Waals surface area (Å²) in [6, 6.07) is 13.0. The number of hydrogen-bond acceptors (Lipinski definition) is 2. The van der Waals surface area contributed by atoms with Gasteiger partial charge in [-0.15, -0.1) is 0 Å². The zero-order valence-electron chi connectivity index (χ0n) is 14.2. The number of nitrogens with zero attached hydrogens (tertiary/aromatic N) is 2. The van der Waals surface area contributed by atoms with Crippen LogP contribution >= 0.6 is 0 Å². The van der Waals surface area contributed by atoms with Gasteiger partial charge in [0.25, 0.3) is 0 Å². The normalized spacial score (nSPS) is 10.7. The highest BCUT2D eigenvalue weighted by molar-refractivity contribution is 5.76. The molecular weight excluding hydrogens is 336 g/mol. The summed E-state index contributed by atoms with van der Waals surface area (Å²) in [6.45, 7) is 1.05. The molecule has 0 aliphatic heterocycles. The molecule has 1 heterocycles. The fourth-order valence-electron chi connectivity index (χ4n) is 2.69. The number of rotatable bonds is 7. The standard InChI is InChI=1S/C20H19F2N3O/c21-18-6-7-19(22)17(12-18)5-8-20(26)23-13-15-3-1-4-16(11-15)14-25-10-2-9-24-25/h1-4,6-7,9-12H,5,8,13-14H2,(H,23,26). The lowest BCUT2D eigenvalue weighted by molar-refractivity contribution is -0.121. The Bertz CT molecular complexity index is 879. The number of amides is 1. The van der Waals surface area contributed by atoms with E-state index in [-0.39, 0.29) is 24.3 Å². The Balaban J connectivity index is 1.50. The minimum atomic E-state index is -0.504. The van der Waals surface area contributed by atoms with Crippen LogP contribution in [0.25, 0.3) is 0 Å². The molecule has 3 aromatic rings. The molecule has 0 spiro atoms. The van der Waals surface area contributed by atoms with Crippen LogP contribution in [0, 0.1) is 11.6 Å². The first-order valence-electron chi connectivity index (χ1n) is 8.36. The molecule has 0 fully saturated rings. The van der Waals surface area contributed by atoms with Crippen LogP contribution in [-0.2, 0) is 24.3 Å². The third-order valence-electron chi connectivity index (χ3n) is 4.01. The largest absolute Gasteiger partial charge is 0.352 e. The summed E-state index contributed by atoms with van der Waals surface area (Å²) in [7, 11) is 0. The summed E-state index contributed by atoms with van der Waals surface area (Å²) in [6.07, 6.45) is 3.88. The van der Waals surface area contributed by atoms with Gasteiger partial charge in [0, 0.05) is 25.4 Å². The van der Waals surface area contributed by atoms with Gasteiger partial charge in [0.1, 0.15) is 11.6 Å². The second-order valence-corrected chi connectivity index (χ2v) is 6.04. The van der Waals surface area contributed by atoms with Crippen LogP contribution in [0.2, 0.25) is 0 Å². The number of halogens is 2. The predicted molar refractivity (Wildman–Crippen MR) is 94.3 cm³/mol. The molecule has 4 nitrogen and oxygen atoms in total. The molecule has 0 unspecified atom stereocenters. The molecule has 134 valence electrons. The van der Waals surface area contributed by atoms with Crippen LogP contribution in [-0.4, -0.2) is 15.7 Å². The van der Waals surface area contributed by atoms with E-state index in [4.69, 9.17) is 0 Å². The third kappa shape index (κ3) is 4.99. The summed E-state index contributed by atoms with van der Waals surface area (Å²) in [5.41, 5.74) is 2.27. The Kier molecular flexibility index (Phi) is 5.73. The molecular formula is C20H19F2N3O. The summed E-state index contributed by atoms with van der Waals surface area (Å²) >= 11 is 0. The van der Waals surface area contributed by atoms with E-state index in [9.17, 15) is 13.6 Å². The second-order valence-electron chi connectivity index (χ2n) is 6.04. The van der Waals surface area contributed by atoms with Crippen LogP contribution in [0.5, 0.6) is 0 Å². The van der Waals surface area contributed by atoms with E-state index in [2.05, 4.69) is 10.4 Å². The number of aryl methyl sites for hydroxylation is 1. The van der Waals surface area contributed by atoms with E-state index >= 15 is 0 Å². The lowest BCUT2D eigenvalue weighted by atomic mass is 10.1. The van der Waals surface area contributed by atoms with Gasteiger partial charge < -0.3 is 5.32 Å². The van der Waals surface area contributed by atoms with Crippen LogP contribution in [0.4, 0.5) is 8.78 Å². The zero-order valence-corrected chi connectivity index (χ0v) is 14.2. The summed E-state index contributed by atoms with van der Waals surface area (Å²) in [5.74, 6) is -1.20. The van der Waals surface area contributed by atoms with E-state index in [1.165, 1.54) is 0 Å². The highest BCUT2D eigenvalue weighted by atomic mass is 19.1. The Morgan fingerprint density at radius 2 is 1.92 bits per heavy atom. The third-order valence-corrected chi connectivity index (χ3v) is 4.01. The first kappa shape index (κ1) is 17.8. The van der Waals surface area contributed by atoms with Crippen molar-refractivity contribution in [2.75, 3.05) is 0 Å². The van der Waals surface area contributed by atoms with Crippen molar-refractivity contribution in [3.8, 4) is 0 Å². The van der Waals surface area contributed by atoms with Crippen LogP contribution < -0.4 is 5.32 Å². The molecule has 1 aromatic heterocycles. The quantitative estimate of drug-likeness (QED) is 0.706. The molecule has 0 saturated carbocycles. The predicted octanol–water partition coefficient (Wildman–Crippen LogP) is 3.46. The van der Waals surface area contributed by atoms with Crippen molar-refractivity contribution >= 4 is 5.91 Å². The van der Waals surface area contributed by atoms with Gasteiger partial charge in [-0.3, -0.25) is 9.48 Å². The minimum Gasteiger partial charge on any atom is -0.352 e. The van der Waals surface area contributed by atoms with Crippen molar-refractivity contribution in [1.29, 1.82) is 0 Å². The second kappa shape index (κ2) is 8.38. The molecule has 0 aliphatic carbocycles. The Labute approximate surface area is 150 Å². The van der Waals surface area contributed by atoms with E-state index in [1.54, 1.807) is 6.20 Å². The number of nitrogens with one attached hydrogen (secondary N) is 1. The van der Waals surface area contributed by atoms with Gasteiger partial charge in [-0.1, -0.05) is 24.3 Å². The molecule has 0 atom stereocenters. The number of hydrogen-bond donors (Lipinski definition) is 1. The number of benzene rings is 2. The van der Waals surface area contributed by atoms with Crippen molar-refractivity contribution in [3.05, 3.63) is 89.2 Å². The Hall–Kier alpha value is -3.02. The van der Waals surface area contributed by atoms with Gasteiger partial charge >= 0.3 is 0 Å². The summed E-state index contributed by atoms with van der Waals surface area (Å²) < 4.78 is 28.5. The van der Waals surface area contributed by atoms with Crippen LogP contribution in [0.3, 0.4) is 0 Å². The van der Waals surface area contributed by atoms with Crippen molar-refractivity contribution < 1.29 is 13.6 Å². The van der Waals surface area contributed by atoms with Gasteiger partial charge in [0.05, 0.1) is 6.54 Å². The van der Waals surface area contributed by atoms with E-state index in [0.717, 1.165) is 29.3 Å². The van der Waals surface area contributed by atoms with E-state index < -0.39 is 11.6 Å². The summed E-state index contributed by atoms with van der Waals surface area (Å²) in [5, 5.41) is 6.98. The SMILES string of the molecule is O=C(CCc1cc(F)ccc1F)NCc1cccc(Cn2cccn2)c1. The van der Waals surface area contributed by atoms with Crippen LogP contribution in [0.15, 0.2) is 60.9 Å². The average Bonchev–Trinajstić information content (AvgIpc) is 3.14. The molecule has 0 radical (unpaired) electrons. The molecule has 1 N–H and O–H groups in total. The Morgan fingerprint density at radius 3 is 2.73 bits per heavy atom. The molecule has 1 amide bonds. The number of carbonyl (C=O) groups excluding carboxylic acids is 1. The van der Waals surface area contributed by atoms with Gasteiger partial charge in [0.2, 0.25) is 5.91 Å². The topological polar surface area (TPSA) is 46.9 Å². The molecule has 6 heteroatoms. The molecule has 0 saturated heterocycles. The highest BCUT2D eigenvalue weighted by Gasteiger charge is 2.08. The zero-order chi connectivity index (χ0) is 18.4. The van der Waals surface area contributed by atoms with Crippen LogP contribution in [0.1, 0.15) is 23.1 Å². The maximum atomic E-state index is 13.6. The van der Waals surface area contributed by atoms with Crippen molar-refractivity contribution in [3.63, 3.8) is 0 Å². The van der Waals surface area contributed by atoms with Crippen molar-refractivity contribution in [2.24, 2.45) is 0 Å². The molecule has 26 heavy (non-hydrogen) atoms. The summed E-state index contributed by atoms with van der Waals surface area (Å²) in [4.78, 5) is 12.0. The maximum absolute atomic E-state index is 13.6. The maximum Gasteiger partial charge on any atom is 0.220 e. The molecule has 0 aliphatic rings. The average molecular weight is 355 g/mol.